The minimum atomic E-state index is 0.310. The number of rotatable bonds is 3. The SMILES string of the molecule is CCC1CCC(N)C(c2cccc(OC)c2)C1. The van der Waals surface area contributed by atoms with E-state index in [-0.39, 0.29) is 0 Å². The molecule has 1 aromatic rings. The molecule has 1 saturated carbocycles. The Morgan fingerprint density at radius 3 is 2.88 bits per heavy atom. The number of nitrogens with two attached hydrogens (primary N) is 1. The molecule has 0 bridgehead atoms. The third-order valence-corrected chi connectivity index (χ3v) is 4.11. The molecule has 17 heavy (non-hydrogen) atoms. The largest absolute Gasteiger partial charge is 0.497 e. The summed E-state index contributed by atoms with van der Waals surface area (Å²) in [6.45, 7) is 2.28. The molecular weight excluding hydrogens is 210 g/mol. The molecule has 2 N–H and O–H groups in total. The van der Waals surface area contributed by atoms with E-state index in [2.05, 4.69) is 25.1 Å². The Morgan fingerprint density at radius 1 is 1.35 bits per heavy atom. The zero-order valence-electron chi connectivity index (χ0n) is 10.9. The van der Waals surface area contributed by atoms with Gasteiger partial charge in [0.05, 0.1) is 7.11 Å². The minimum absolute atomic E-state index is 0.310. The van der Waals surface area contributed by atoms with Crippen LogP contribution in [0.25, 0.3) is 0 Å². The summed E-state index contributed by atoms with van der Waals surface area (Å²) in [6.07, 6.45) is 4.94. The van der Waals surface area contributed by atoms with E-state index in [9.17, 15) is 0 Å². The molecule has 3 atom stereocenters. The summed E-state index contributed by atoms with van der Waals surface area (Å²) in [7, 11) is 1.72. The van der Waals surface area contributed by atoms with Crippen LogP contribution >= 0.6 is 0 Å². The monoisotopic (exact) mass is 233 g/mol. The highest BCUT2D eigenvalue weighted by Gasteiger charge is 2.28. The van der Waals surface area contributed by atoms with Crippen molar-refractivity contribution in [3.63, 3.8) is 0 Å². The van der Waals surface area contributed by atoms with Crippen LogP contribution in [0, 0.1) is 5.92 Å². The Bertz CT molecular complexity index is 364. The van der Waals surface area contributed by atoms with Crippen LogP contribution in [0.3, 0.4) is 0 Å². The Balaban J connectivity index is 2.18. The number of ether oxygens (including phenoxy) is 1. The van der Waals surface area contributed by atoms with Gasteiger partial charge < -0.3 is 10.5 Å². The third-order valence-electron chi connectivity index (χ3n) is 4.11. The van der Waals surface area contributed by atoms with Gasteiger partial charge in [-0.15, -0.1) is 0 Å². The summed E-state index contributed by atoms with van der Waals surface area (Å²) >= 11 is 0. The average Bonchev–Trinajstić information content (AvgIpc) is 2.39. The van der Waals surface area contributed by atoms with E-state index in [0.29, 0.717) is 12.0 Å². The fourth-order valence-corrected chi connectivity index (χ4v) is 2.91. The Labute approximate surface area is 104 Å². The van der Waals surface area contributed by atoms with Crippen molar-refractivity contribution in [3.8, 4) is 5.75 Å². The van der Waals surface area contributed by atoms with Crippen molar-refractivity contribution in [1.82, 2.24) is 0 Å². The van der Waals surface area contributed by atoms with Crippen molar-refractivity contribution in [2.45, 2.75) is 44.6 Å². The van der Waals surface area contributed by atoms with E-state index >= 15 is 0 Å². The number of methoxy groups -OCH3 is 1. The first kappa shape index (κ1) is 12.4. The standard InChI is InChI=1S/C15H23NO/c1-3-11-7-8-15(16)14(9-11)12-5-4-6-13(10-12)17-2/h4-6,10-11,14-15H,3,7-9,16H2,1-2H3. The molecule has 0 amide bonds. The maximum absolute atomic E-state index is 6.28. The fraction of sp³-hybridized carbons (Fsp3) is 0.600. The van der Waals surface area contributed by atoms with Gasteiger partial charge in [-0.1, -0.05) is 25.5 Å². The highest BCUT2D eigenvalue weighted by Crippen LogP contribution is 2.37. The first-order valence-electron chi connectivity index (χ1n) is 6.64. The molecule has 94 valence electrons. The first-order valence-corrected chi connectivity index (χ1v) is 6.64. The van der Waals surface area contributed by atoms with Gasteiger partial charge in [-0.25, -0.2) is 0 Å². The molecule has 0 spiro atoms. The third kappa shape index (κ3) is 2.81. The lowest BCUT2D eigenvalue weighted by Gasteiger charge is -2.34. The highest BCUT2D eigenvalue weighted by atomic mass is 16.5. The summed E-state index contributed by atoms with van der Waals surface area (Å²) in [6, 6.07) is 8.70. The first-order chi connectivity index (χ1) is 8.24. The van der Waals surface area contributed by atoms with Crippen LogP contribution in [0.4, 0.5) is 0 Å². The van der Waals surface area contributed by atoms with Gasteiger partial charge in [0, 0.05) is 6.04 Å². The van der Waals surface area contributed by atoms with Gasteiger partial charge in [-0.05, 0) is 48.8 Å². The highest BCUT2D eigenvalue weighted by molar-refractivity contribution is 5.32. The van der Waals surface area contributed by atoms with Crippen molar-refractivity contribution in [2.75, 3.05) is 7.11 Å². The van der Waals surface area contributed by atoms with Gasteiger partial charge in [0.15, 0.2) is 0 Å². The molecule has 1 fully saturated rings. The summed E-state index contributed by atoms with van der Waals surface area (Å²) in [4.78, 5) is 0. The van der Waals surface area contributed by atoms with E-state index in [1.54, 1.807) is 7.11 Å². The summed E-state index contributed by atoms with van der Waals surface area (Å²) in [5.41, 5.74) is 7.62. The minimum Gasteiger partial charge on any atom is -0.497 e. The molecule has 1 aliphatic carbocycles. The molecule has 2 rings (SSSR count). The molecule has 2 nitrogen and oxygen atoms in total. The molecule has 0 radical (unpaired) electrons. The zero-order chi connectivity index (χ0) is 12.3. The van der Waals surface area contributed by atoms with Gasteiger partial charge >= 0.3 is 0 Å². The predicted octanol–water partition coefficient (Wildman–Crippen LogP) is 3.32. The smallest absolute Gasteiger partial charge is 0.119 e. The molecule has 1 aliphatic rings. The van der Waals surface area contributed by atoms with Gasteiger partial charge in [-0.3, -0.25) is 0 Å². The molecule has 3 unspecified atom stereocenters. The Kier molecular flexibility index (Phi) is 4.06. The number of hydrogen-bond acceptors (Lipinski definition) is 2. The number of benzene rings is 1. The molecule has 0 saturated heterocycles. The van der Waals surface area contributed by atoms with E-state index in [0.717, 1.165) is 18.1 Å². The topological polar surface area (TPSA) is 35.2 Å². The Hall–Kier alpha value is -1.02. The van der Waals surface area contributed by atoms with Crippen molar-refractivity contribution >= 4 is 0 Å². The lowest BCUT2D eigenvalue weighted by Crippen LogP contribution is -2.34. The second kappa shape index (κ2) is 5.54. The van der Waals surface area contributed by atoms with Crippen molar-refractivity contribution in [3.05, 3.63) is 29.8 Å². The van der Waals surface area contributed by atoms with Crippen LogP contribution in [0.2, 0.25) is 0 Å². The van der Waals surface area contributed by atoms with Crippen LogP contribution in [-0.2, 0) is 0 Å². The van der Waals surface area contributed by atoms with Gasteiger partial charge in [0.1, 0.15) is 5.75 Å². The molecule has 0 aromatic heterocycles. The number of hydrogen-bond donors (Lipinski definition) is 1. The quantitative estimate of drug-likeness (QED) is 0.869. The summed E-state index contributed by atoms with van der Waals surface area (Å²) in [5, 5.41) is 0. The van der Waals surface area contributed by atoms with E-state index in [1.807, 2.05) is 6.07 Å². The lowest BCUT2D eigenvalue weighted by molar-refractivity contribution is 0.282. The maximum atomic E-state index is 6.28. The zero-order valence-corrected chi connectivity index (χ0v) is 10.9. The van der Waals surface area contributed by atoms with Crippen LogP contribution in [0.15, 0.2) is 24.3 Å². The van der Waals surface area contributed by atoms with Gasteiger partial charge in [0.2, 0.25) is 0 Å². The second-order valence-corrected chi connectivity index (χ2v) is 5.13. The van der Waals surface area contributed by atoms with Crippen molar-refractivity contribution in [1.29, 1.82) is 0 Å². The molecule has 0 heterocycles. The van der Waals surface area contributed by atoms with E-state index in [4.69, 9.17) is 10.5 Å². The normalized spacial score (nSPS) is 29.0. The maximum Gasteiger partial charge on any atom is 0.119 e. The van der Waals surface area contributed by atoms with Gasteiger partial charge in [-0.2, -0.15) is 0 Å². The van der Waals surface area contributed by atoms with Crippen LogP contribution in [-0.4, -0.2) is 13.2 Å². The molecule has 1 aromatic carbocycles. The lowest BCUT2D eigenvalue weighted by atomic mass is 9.74. The Morgan fingerprint density at radius 2 is 2.18 bits per heavy atom. The molecule has 2 heteroatoms. The van der Waals surface area contributed by atoms with Crippen LogP contribution in [0.5, 0.6) is 5.75 Å². The average molecular weight is 233 g/mol. The van der Waals surface area contributed by atoms with Crippen LogP contribution < -0.4 is 10.5 Å². The molecule has 0 aliphatic heterocycles. The molecular formula is C15H23NO. The van der Waals surface area contributed by atoms with Crippen molar-refractivity contribution in [2.24, 2.45) is 11.7 Å². The summed E-state index contributed by atoms with van der Waals surface area (Å²) < 4.78 is 5.29. The predicted molar refractivity (Wildman–Crippen MR) is 71.3 cm³/mol. The van der Waals surface area contributed by atoms with Crippen molar-refractivity contribution < 1.29 is 4.74 Å². The van der Waals surface area contributed by atoms with E-state index in [1.165, 1.54) is 24.8 Å². The second-order valence-electron chi connectivity index (χ2n) is 5.13. The van der Waals surface area contributed by atoms with Gasteiger partial charge in [0.25, 0.3) is 0 Å². The van der Waals surface area contributed by atoms with E-state index < -0.39 is 0 Å². The fourth-order valence-electron chi connectivity index (χ4n) is 2.91. The van der Waals surface area contributed by atoms with Crippen LogP contribution in [0.1, 0.15) is 44.1 Å². The summed E-state index contributed by atoms with van der Waals surface area (Å²) in [5.74, 6) is 2.28.